The molecule has 0 saturated carbocycles. The van der Waals surface area contributed by atoms with Gasteiger partial charge in [0.1, 0.15) is 6.10 Å². The van der Waals surface area contributed by atoms with Crippen LogP contribution < -0.4 is 0 Å². The van der Waals surface area contributed by atoms with Crippen LogP contribution in [-0.2, 0) is 6.42 Å². The van der Waals surface area contributed by atoms with Crippen LogP contribution in [0.5, 0.6) is 0 Å². The van der Waals surface area contributed by atoms with E-state index in [1.54, 1.807) is 24.3 Å². The summed E-state index contributed by atoms with van der Waals surface area (Å²) in [7, 11) is 0. The Morgan fingerprint density at radius 2 is 1.53 bits per heavy atom. The Bertz CT molecular complexity index is 1110. The molecule has 0 aliphatic rings. The molecule has 0 spiro atoms. The van der Waals surface area contributed by atoms with Crippen molar-refractivity contribution in [1.29, 1.82) is 0 Å². The number of aryl methyl sites for hydroxylation is 1. The van der Waals surface area contributed by atoms with Crippen LogP contribution in [0.1, 0.15) is 35.1 Å². The lowest BCUT2D eigenvalue weighted by Crippen LogP contribution is -2.34. The molecule has 5 nitrogen and oxygen atoms in total. The van der Waals surface area contributed by atoms with Gasteiger partial charge in [-0.15, -0.1) is 0 Å². The quantitative estimate of drug-likeness (QED) is 0.313. The summed E-state index contributed by atoms with van der Waals surface area (Å²) < 4.78 is 0. The van der Waals surface area contributed by atoms with E-state index in [-0.39, 0.29) is 4.92 Å². The van der Waals surface area contributed by atoms with Gasteiger partial charge in [0.25, 0.3) is 0 Å². The molecule has 5 heteroatoms. The highest BCUT2D eigenvalue weighted by molar-refractivity contribution is 5.83. The third-order valence-corrected chi connectivity index (χ3v) is 5.73. The normalized spacial score (nSPS) is 14.3. The maximum absolute atomic E-state index is 12.2. The number of nitrogens with zero attached hydrogens (tertiary/aromatic N) is 1. The van der Waals surface area contributed by atoms with E-state index < -0.39 is 18.1 Å². The summed E-state index contributed by atoms with van der Waals surface area (Å²) in [5, 5.41) is 24.2. The predicted molar refractivity (Wildman–Crippen MR) is 118 cm³/mol. The third kappa shape index (κ3) is 4.11. The number of aliphatic hydroxyl groups excluding tert-OH is 1. The van der Waals surface area contributed by atoms with Crippen LogP contribution in [0.4, 0.5) is 0 Å². The highest BCUT2D eigenvalue weighted by atomic mass is 16.6. The van der Waals surface area contributed by atoms with Gasteiger partial charge in [0.2, 0.25) is 6.04 Å². The lowest BCUT2D eigenvalue weighted by Gasteiger charge is -2.25. The van der Waals surface area contributed by atoms with E-state index in [4.69, 9.17) is 0 Å². The van der Waals surface area contributed by atoms with Crippen molar-refractivity contribution in [3.05, 3.63) is 118 Å². The van der Waals surface area contributed by atoms with Gasteiger partial charge in [-0.2, -0.15) is 0 Å². The average molecular weight is 400 g/mol. The number of fused-ring (bicyclic) bond motifs is 1. The first-order valence-electron chi connectivity index (χ1n) is 10.1. The fourth-order valence-electron chi connectivity index (χ4n) is 4.21. The zero-order valence-electron chi connectivity index (χ0n) is 16.5. The van der Waals surface area contributed by atoms with E-state index in [0.29, 0.717) is 18.4 Å². The number of H-pyrrole nitrogens is 1. The minimum atomic E-state index is -1.20. The van der Waals surface area contributed by atoms with E-state index >= 15 is 0 Å². The van der Waals surface area contributed by atoms with Gasteiger partial charge in [-0.3, -0.25) is 10.1 Å². The van der Waals surface area contributed by atoms with Gasteiger partial charge in [-0.1, -0.05) is 78.9 Å². The third-order valence-electron chi connectivity index (χ3n) is 5.73. The van der Waals surface area contributed by atoms with Gasteiger partial charge in [-0.25, -0.2) is 0 Å². The number of para-hydroxylation sites is 1. The van der Waals surface area contributed by atoms with Crippen molar-refractivity contribution in [3.8, 4) is 0 Å². The van der Waals surface area contributed by atoms with Crippen molar-refractivity contribution in [2.75, 3.05) is 0 Å². The Morgan fingerprint density at radius 3 is 2.23 bits per heavy atom. The van der Waals surface area contributed by atoms with Gasteiger partial charge in [0, 0.05) is 22.0 Å². The largest absolute Gasteiger partial charge is 0.381 e. The van der Waals surface area contributed by atoms with Crippen molar-refractivity contribution in [1.82, 2.24) is 4.98 Å². The summed E-state index contributed by atoms with van der Waals surface area (Å²) in [4.78, 5) is 15.1. The van der Waals surface area contributed by atoms with E-state index in [1.165, 1.54) is 0 Å². The first-order chi connectivity index (χ1) is 14.6. The maximum atomic E-state index is 12.2. The van der Waals surface area contributed by atoms with Gasteiger partial charge in [0.05, 0.1) is 5.92 Å². The maximum Gasteiger partial charge on any atom is 0.249 e. The van der Waals surface area contributed by atoms with Crippen molar-refractivity contribution in [2.45, 2.75) is 30.9 Å². The van der Waals surface area contributed by atoms with Crippen LogP contribution in [0.3, 0.4) is 0 Å². The van der Waals surface area contributed by atoms with Crippen LogP contribution in [0.2, 0.25) is 0 Å². The van der Waals surface area contributed by atoms with Crippen LogP contribution in [0.15, 0.2) is 91.1 Å². The van der Waals surface area contributed by atoms with Crippen LogP contribution >= 0.6 is 0 Å². The second-order valence-electron chi connectivity index (χ2n) is 7.55. The Kier molecular flexibility index (Phi) is 5.91. The number of benzene rings is 3. The predicted octanol–water partition coefficient (Wildman–Crippen LogP) is 5.26. The smallest absolute Gasteiger partial charge is 0.249 e. The average Bonchev–Trinajstić information content (AvgIpc) is 3.21. The van der Waals surface area contributed by atoms with Crippen LogP contribution in [-0.4, -0.2) is 21.1 Å². The summed E-state index contributed by atoms with van der Waals surface area (Å²) in [5.74, 6) is -0.452. The molecule has 152 valence electrons. The zero-order chi connectivity index (χ0) is 20.9. The summed E-state index contributed by atoms with van der Waals surface area (Å²) in [6, 6.07) is 25.5. The molecule has 2 N–H and O–H groups in total. The molecule has 30 heavy (non-hydrogen) atoms. The number of aromatic amines is 1. The fourth-order valence-corrected chi connectivity index (χ4v) is 4.21. The van der Waals surface area contributed by atoms with E-state index in [9.17, 15) is 15.2 Å². The second kappa shape index (κ2) is 8.93. The van der Waals surface area contributed by atoms with E-state index in [2.05, 4.69) is 4.98 Å². The minimum Gasteiger partial charge on any atom is -0.381 e. The van der Waals surface area contributed by atoms with Crippen molar-refractivity contribution in [3.63, 3.8) is 0 Å². The van der Waals surface area contributed by atoms with Gasteiger partial charge < -0.3 is 10.1 Å². The van der Waals surface area contributed by atoms with Crippen molar-refractivity contribution < 1.29 is 10.0 Å². The first-order valence-corrected chi connectivity index (χ1v) is 10.1. The van der Waals surface area contributed by atoms with Crippen LogP contribution in [0.25, 0.3) is 10.9 Å². The van der Waals surface area contributed by atoms with Crippen LogP contribution in [0, 0.1) is 10.1 Å². The molecule has 3 atom stereocenters. The van der Waals surface area contributed by atoms with Gasteiger partial charge in [-0.05, 0) is 35.6 Å². The number of hydrogen-bond acceptors (Lipinski definition) is 3. The van der Waals surface area contributed by atoms with Gasteiger partial charge >= 0.3 is 0 Å². The molecule has 1 aromatic heterocycles. The summed E-state index contributed by atoms with van der Waals surface area (Å²) >= 11 is 0. The molecule has 0 aliphatic carbocycles. The fraction of sp³-hybridized carbons (Fsp3) is 0.200. The minimum absolute atomic E-state index is 0.324. The molecule has 1 heterocycles. The summed E-state index contributed by atoms with van der Waals surface area (Å²) in [6.07, 6.45) is 1.91. The first kappa shape index (κ1) is 19.9. The zero-order valence-corrected chi connectivity index (χ0v) is 16.5. The summed E-state index contributed by atoms with van der Waals surface area (Å²) in [5.41, 5.74) is 3.49. The molecule has 0 unspecified atom stereocenters. The van der Waals surface area contributed by atoms with Crippen molar-refractivity contribution in [2.24, 2.45) is 0 Å². The second-order valence-corrected chi connectivity index (χ2v) is 7.55. The lowest BCUT2D eigenvalue weighted by molar-refractivity contribution is -0.540. The standard InChI is InChI=1S/C25H24N2O3/c28-25(19-11-5-2-6-12-19)24(27(29)30)21(16-15-18-9-3-1-4-10-18)22-17-26-23-14-8-7-13-20(22)23/h1-14,17,21,24-26,28H,15-16H2/t21-,24-,25-/m1/s1. The highest BCUT2D eigenvalue weighted by Crippen LogP contribution is 2.37. The summed E-state index contributed by atoms with van der Waals surface area (Å²) in [6.45, 7) is 0. The Balaban J connectivity index is 1.75. The molecule has 4 rings (SSSR count). The molecular weight excluding hydrogens is 376 g/mol. The Hall–Kier alpha value is -3.44. The molecule has 0 fully saturated rings. The number of aromatic nitrogens is 1. The monoisotopic (exact) mass is 400 g/mol. The van der Waals surface area contributed by atoms with Gasteiger partial charge in [0.15, 0.2) is 0 Å². The highest BCUT2D eigenvalue weighted by Gasteiger charge is 2.40. The molecule has 0 saturated heterocycles. The number of rotatable bonds is 8. The number of aliphatic hydroxyl groups is 1. The molecule has 3 aromatic carbocycles. The number of nitrogens with one attached hydrogen (secondary N) is 1. The Labute approximate surface area is 175 Å². The van der Waals surface area contributed by atoms with Crippen molar-refractivity contribution >= 4 is 10.9 Å². The van der Waals surface area contributed by atoms with E-state index in [0.717, 1.165) is 22.0 Å². The molecule has 0 bridgehead atoms. The Morgan fingerprint density at radius 1 is 0.900 bits per heavy atom. The molecule has 0 amide bonds. The molecule has 4 aromatic rings. The lowest BCUT2D eigenvalue weighted by atomic mass is 9.82. The topological polar surface area (TPSA) is 79.2 Å². The molecule has 0 aliphatic heterocycles. The number of nitro groups is 1. The molecule has 0 radical (unpaired) electrons. The molecular formula is C25H24N2O3. The van der Waals surface area contributed by atoms with E-state index in [1.807, 2.05) is 66.9 Å². The SMILES string of the molecule is O=[N+]([O-])[C@@H]([C@H](O)c1ccccc1)[C@H](CCc1ccccc1)c1c[nH]c2ccccc12. The number of hydrogen-bond donors (Lipinski definition) is 2.